The minimum atomic E-state index is -0.0916. The van der Waals surface area contributed by atoms with Gasteiger partial charge in [-0.2, -0.15) is 5.10 Å². The summed E-state index contributed by atoms with van der Waals surface area (Å²) in [5.74, 6) is -0.0916. The van der Waals surface area contributed by atoms with E-state index in [4.69, 9.17) is 0 Å². The zero-order chi connectivity index (χ0) is 16.2. The molecular weight excluding hydrogens is 286 g/mol. The van der Waals surface area contributed by atoms with Crippen molar-refractivity contribution in [3.8, 4) is 5.69 Å². The Balaban J connectivity index is 1.83. The first-order valence-electron chi connectivity index (χ1n) is 7.60. The minimum absolute atomic E-state index is 0.0916. The van der Waals surface area contributed by atoms with Crippen LogP contribution in [0.2, 0.25) is 0 Å². The van der Waals surface area contributed by atoms with Crippen LogP contribution in [0.4, 0.5) is 0 Å². The van der Waals surface area contributed by atoms with Crippen LogP contribution in [0.5, 0.6) is 0 Å². The molecule has 1 heterocycles. The van der Waals surface area contributed by atoms with Crippen molar-refractivity contribution in [2.75, 3.05) is 0 Å². The highest BCUT2D eigenvalue weighted by Gasteiger charge is 2.19. The van der Waals surface area contributed by atoms with Crippen LogP contribution in [-0.2, 0) is 6.54 Å². The summed E-state index contributed by atoms with van der Waals surface area (Å²) in [6.45, 7) is 4.30. The van der Waals surface area contributed by atoms with Gasteiger partial charge in [0.15, 0.2) is 0 Å². The van der Waals surface area contributed by atoms with Crippen LogP contribution in [-0.4, -0.2) is 15.7 Å². The maximum Gasteiger partial charge on any atom is 0.255 e. The maximum atomic E-state index is 12.5. The first-order chi connectivity index (χ1) is 11.2. The van der Waals surface area contributed by atoms with Crippen molar-refractivity contribution < 1.29 is 4.79 Å². The fourth-order valence-electron chi connectivity index (χ4n) is 2.66. The molecule has 1 amide bonds. The number of rotatable bonds is 4. The lowest BCUT2D eigenvalue weighted by molar-refractivity contribution is 0.0949. The van der Waals surface area contributed by atoms with Gasteiger partial charge < -0.3 is 5.32 Å². The summed E-state index contributed by atoms with van der Waals surface area (Å²) in [7, 11) is 0. The van der Waals surface area contributed by atoms with Gasteiger partial charge in [-0.25, -0.2) is 4.68 Å². The van der Waals surface area contributed by atoms with Gasteiger partial charge in [-0.05, 0) is 31.5 Å². The highest BCUT2D eigenvalue weighted by Crippen LogP contribution is 2.17. The third-order valence-electron chi connectivity index (χ3n) is 3.82. The Labute approximate surface area is 135 Å². The molecule has 116 valence electrons. The molecule has 0 radical (unpaired) electrons. The van der Waals surface area contributed by atoms with Crippen LogP contribution in [0, 0.1) is 13.8 Å². The Hall–Kier alpha value is -2.88. The van der Waals surface area contributed by atoms with Crippen molar-refractivity contribution in [3.63, 3.8) is 0 Å². The van der Waals surface area contributed by atoms with Crippen LogP contribution in [0.15, 0.2) is 60.7 Å². The van der Waals surface area contributed by atoms with Gasteiger partial charge in [-0.15, -0.1) is 0 Å². The van der Waals surface area contributed by atoms with Crippen molar-refractivity contribution in [1.82, 2.24) is 15.1 Å². The Morgan fingerprint density at radius 3 is 2.26 bits per heavy atom. The van der Waals surface area contributed by atoms with Crippen molar-refractivity contribution in [1.29, 1.82) is 0 Å². The number of carbonyl (C=O) groups is 1. The third-order valence-corrected chi connectivity index (χ3v) is 3.82. The summed E-state index contributed by atoms with van der Waals surface area (Å²) >= 11 is 0. The number of para-hydroxylation sites is 1. The number of amides is 1. The molecule has 0 atom stereocenters. The first kappa shape index (κ1) is 15.0. The first-order valence-corrected chi connectivity index (χ1v) is 7.60. The number of nitrogens with one attached hydrogen (secondary N) is 1. The fraction of sp³-hybridized carbons (Fsp3) is 0.158. The number of nitrogens with zero attached hydrogens (tertiary/aromatic N) is 2. The van der Waals surface area contributed by atoms with Crippen LogP contribution in [0.25, 0.3) is 5.69 Å². The molecule has 0 saturated heterocycles. The van der Waals surface area contributed by atoms with Gasteiger partial charge in [0.2, 0.25) is 0 Å². The molecule has 0 bridgehead atoms. The Morgan fingerprint density at radius 2 is 1.61 bits per heavy atom. The smallest absolute Gasteiger partial charge is 0.255 e. The molecule has 4 heteroatoms. The standard InChI is InChI=1S/C19H19N3O/c1-14-18(19(23)20-13-16-9-5-3-6-10-16)15(2)22(21-14)17-11-7-4-8-12-17/h3-12H,13H2,1-2H3,(H,20,23). The lowest BCUT2D eigenvalue weighted by atomic mass is 10.1. The summed E-state index contributed by atoms with van der Waals surface area (Å²) in [6, 6.07) is 19.7. The lowest BCUT2D eigenvalue weighted by Crippen LogP contribution is -2.24. The van der Waals surface area contributed by atoms with Gasteiger partial charge in [-0.1, -0.05) is 48.5 Å². The molecular formula is C19H19N3O. The Bertz CT molecular complexity index is 807. The summed E-state index contributed by atoms with van der Waals surface area (Å²) in [4.78, 5) is 12.5. The summed E-state index contributed by atoms with van der Waals surface area (Å²) in [6.07, 6.45) is 0. The number of carbonyl (C=O) groups excluding carboxylic acids is 1. The average Bonchev–Trinajstić information content (AvgIpc) is 2.89. The van der Waals surface area contributed by atoms with Crippen molar-refractivity contribution in [2.24, 2.45) is 0 Å². The summed E-state index contributed by atoms with van der Waals surface area (Å²) < 4.78 is 1.81. The van der Waals surface area contributed by atoms with Crippen molar-refractivity contribution >= 4 is 5.91 Å². The molecule has 3 rings (SSSR count). The number of hydrogen-bond acceptors (Lipinski definition) is 2. The zero-order valence-corrected chi connectivity index (χ0v) is 13.3. The van der Waals surface area contributed by atoms with Gasteiger partial charge >= 0.3 is 0 Å². The predicted molar refractivity (Wildman–Crippen MR) is 90.7 cm³/mol. The van der Waals surface area contributed by atoms with E-state index in [0.717, 1.165) is 22.6 Å². The van der Waals surface area contributed by atoms with E-state index >= 15 is 0 Å². The van der Waals surface area contributed by atoms with Gasteiger partial charge in [0.05, 0.1) is 22.6 Å². The molecule has 3 aromatic rings. The molecule has 0 unspecified atom stereocenters. The van der Waals surface area contributed by atoms with Crippen LogP contribution < -0.4 is 5.32 Å². The second-order valence-corrected chi connectivity index (χ2v) is 5.46. The van der Waals surface area contributed by atoms with Crippen molar-refractivity contribution in [3.05, 3.63) is 83.2 Å². The van der Waals surface area contributed by atoms with Gasteiger partial charge in [0.25, 0.3) is 5.91 Å². The summed E-state index contributed by atoms with van der Waals surface area (Å²) in [5.41, 5.74) is 4.25. The molecule has 0 aliphatic carbocycles. The monoisotopic (exact) mass is 305 g/mol. The average molecular weight is 305 g/mol. The zero-order valence-electron chi connectivity index (χ0n) is 13.3. The number of benzene rings is 2. The Morgan fingerprint density at radius 1 is 1.00 bits per heavy atom. The SMILES string of the molecule is Cc1nn(-c2ccccc2)c(C)c1C(=O)NCc1ccccc1. The predicted octanol–water partition coefficient (Wildman–Crippen LogP) is 3.42. The minimum Gasteiger partial charge on any atom is -0.348 e. The van der Waals surface area contributed by atoms with Crippen LogP contribution in [0.3, 0.4) is 0 Å². The quantitative estimate of drug-likeness (QED) is 0.803. The maximum absolute atomic E-state index is 12.5. The molecule has 0 spiro atoms. The Kier molecular flexibility index (Phi) is 4.24. The van der Waals surface area contributed by atoms with E-state index in [-0.39, 0.29) is 5.91 Å². The third kappa shape index (κ3) is 3.16. The van der Waals surface area contributed by atoms with Crippen molar-refractivity contribution in [2.45, 2.75) is 20.4 Å². The van der Waals surface area contributed by atoms with Gasteiger partial charge in [-0.3, -0.25) is 4.79 Å². The van der Waals surface area contributed by atoms with Gasteiger partial charge in [0.1, 0.15) is 0 Å². The lowest BCUT2D eigenvalue weighted by Gasteiger charge is -2.07. The van der Waals surface area contributed by atoms with Gasteiger partial charge in [0, 0.05) is 6.54 Å². The van der Waals surface area contributed by atoms with E-state index in [9.17, 15) is 4.79 Å². The highest BCUT2D eigenvalue weighted by atomic mass is 16.1. The molecule has 23 heavy (non-hydrogen) atoms. The molecule has 1 N–H and O–H groups in total. The van der Waals surface area contributed by atoms with E-state index in [1.807, 2.05) is 79.2 Å². The second kappa shape index (κ2) is 6.48. The van der Waals surface area contributed by atoms with Crippen LogP contribution in [0.1, 0.15) is 27.3 Å². The molecule has 4 nitrogen and oxygen atoms in total. The number of hydrogen-bond donors (Lipinski definition) is 1. The normalized spacial score (nSPS) is 10.5. The van der Waals surface area contributed by atoms with E-state index in [1.54, 1.807) is 0 Å². The molecule has 0 fully saturated rings. The van der Waals surface area contributed by atoms with Crippen LogP contribution >= 0.6 is 0 Å². The molecule has 2 aromatic carbocycles. The fourth-order valence-corrected chi connectivity index (χ4v) is 2.66. The molecule has 1 aromatic heterocycles. The molecule has 0 aliphatic heterocycles. The number of aromatic nitrogens is 2. The summed E-state index contributed by atoms with van der Waals surface area (Å²) in [5, 5.41) is 7.48. The molecule has 0 saturated carbocycles. The number of aryl methyl sites for hydroxylation is 1. The topological polar surface area (TPSA) is 46.9 Å². The van der Waals surface area contributed by atoms with E-state index in [0.29, 0.717) is 12.1 Å². The van der Waals surface area contributed by atoms with E-state index in [1.165, 1.54) is 0 Å². The largest absolute Gasteiger partial charge is 0.348 e. The second-order valence-electron chi connectivity index (χ2n) is 5.46. The highest BCUT2D eigenvalue weighted by molar-refractivity contribution is 5.96. The van der Waals surface area contributed by atoms with E-state index < -0.39 is 0 Å². The van der Waals surface area contributed by atoms with E-state index in [2.05, 4.69) is 10.4 Å². The molecule has 0 aliphatic rings.